The van der Waals surface area contributed by atoms with Crippen molar-refractivity contribution < 1.29 is 22.6 Å². The van der Waals surface area contributed by atoms with E-state index in [1.165, 1.54) is 24.2 Å². The zero-order chi connectivity index (χ0) is 18.0. The molecule has 25 heavy (non-hydrogen) atoms. The van der Waals surface area contributed by atoms with E-state index in [-0.39, 0.29) is 17.1 Å². The van der Waals surface area contributed by atoms with Crippen LogP contribution in [0.5, 0.6) is 5.75 Å². The van der Waals surface area contributed by atoms with Gasteiger partial charge in [-0.1, -0.05) is 0 Å². The number of nitrogens with zero attached hydrogens (tertiary/aromatic N) is 5. The summed E-state index contributed by atoms with van der Waals surface area (Å²) >= 11 is 0. The van der Waals surface area contributed by atoms with E-state index in [9.17, 15) is 13.2 Å². The first-order valence-corrected chi connectivity index (χ1v) is 7.14. The SMILES string of the molecule is COc1cc(-c2ncn(C=CC3=NN(C)CO3)n2)cc(C(F)(F)F)c1. The highest BCUT2D eigenvalue weighted by atomic mass is 19.4. The Morgan fingerprint density at radius 2 is 2.08 bits per heavy atom. The van der Waals surface area contributed by atoms with Crippen LogP contribution in [-0.4, -0.2) is 46.6 Å². The van der Waals surface area contributed by atoms with Crippen LogP contribution in [0.4, 0.5) is 13.2 Å². The van der Waals surface area contributed by atoms with Crippen molar-refractivity contribution in [2.45, 2.75) is 6.18 Å². The Morgan fingerprint density at radius 3 is 2.72 bits per heavy atom. The number of benzene rings is 1. The molecule has 0 N–H and O–H groups in total. The van der Waals surface area contributed by atoms with E-state index in [1.54, 1.807) is 24.3 Å². The number of aromatic nitrogens is 3. The molecule has 10 heteroatoms. The highest BCUT2D eigenvalue weighted by Gasteiger charge is 2.31. The van der Waals surface area contributed by atoms with Crippen LogP contribution in [0.3, 0.4) is 0 Å². The Hall–Kier alpha value is -3.04. The van der Waals surface area contributed by atoms with E-state index >= 15 is 0 Å². The summed E-state index contributed by atoms with van der Waals surface area (Å²) < 4.78 is 50.5. The molecule has 132 valence electrons. The van der Waals surface area contributed by atoms with Crippen LogP contribution < -0.4 is 4.74 Å². The lowest BCUT2D eigenvalue weighted by Gasteiger charge is -2.10. The van der Waals surface area contributed by atoms with Gasteiger partial charge in [-0.3, -0.25) is 5.01 Å². The summed E-state index contributed by atoms with van der Waals surface area (Å²) in [7, 11) is 3.06. The smallest absolute Gasteiger partial charge is 0.416 e. The second-order valence-electron chi connectivity index (χ2n) is 5.18. The minimum Gasteiger partial charge on any atom is -0.497 e. The van der Waals surface area contributed by atoms with Gasteiger partial charge in [-0.25, -0.2) is 9.67 Å². The zero-order valence-corrected chi connectivity index (χ0v) is 13.4. The molecule has 1 aromatic carbocycles. The molecule has 2 heterocycles. The van der Waals surface area contributed by atoms with Crippen molar-refractivity contribution in [2.75, 3.05) is 20.9 Å². The zero-order valence-electron chi connectivity index (χ0n) is 13.4. The number of alkyl halides is 3. The average molecular weight is 353 g/mol. The predicted octanol–water partition coefficient (Wildman–Crippen LogP) is 2.68. The number of methoxy groups -OCH3 is 1. The number of ether oxygens (including phenoxy) is 2. The van der Waals surface area contributed by atoms with E-state index in [0.29, 0.717) is 12.6 Å². The lowest BCUT2D eigenvalue weighted by Crippen LogP contribution is -2.06. The van der Waals surface area contributed by atoms with Gasteiger partial charge in [-0.2, -0.15) is 13.2 Å². The maximum Gasteiger partial charge on any atom is 0.416 e. The van der Waals surface area contributed by atoms with Crippen molar-refractivity contribution in [1.82, 2.24) is 19.8 Å². The highest BCUT2D eigenvalue weighted by molar-refractivity contribution is 5.90. The fourth-order valence-corrected chi connectivity index (χ4v) is 2.10. The molecule has 1 aromatic heterocycles. The van der Waals surface area contributed by atoms with E-state index in [1.807, 2.05) is 0 Å². The maximum absolute atomic E-state index is 13.0. The number of rotatable bonds is 4. The monoisotopic (exact) mass is 353 g/mol. The van der Waals surface area contributed by atoms with Crippen molar-refractivity contribution in [1.29, 1.82) is 0 Å². The Labute approximate surface area is 141 Å². The van der Waals surface area contributed by atoms with Crippen LogP contribution in [0.15, 0.2) is 35.7 Å². The molecule has 0 fully saturated rings. The van der Waals surface area contributed by atoms with Crippen molar-refractivity contribution in [2.24, 2.45) is 5.10 Å². The third-order valence-corrected chi connectivity index (χ3v) is 3.27. The van der Waals surface area contributed by atoms with E-state index in [2.05, 4.69) is 15.2 Å². The fraction of sp³-hybridized carbons (Fsp3) is 0.267. The second kappa shape index (κ2) is 6.46. The minimum absolute atomic E-state index is 0.0773. The Balaban J connectivity index is 1.87. The van der Waals surface area contributed by atoms with Gasteiger partial charge in [-0.05, 0) is 18.2 Å². The maximum atomic E-state index is 13.0. The van der Waals surface area contributed by atoms with E-state index in [4.69, 9.17) is 9.47 Å². The van der Waals surface area contributed by atoms with Gasteiger partial charge in [-0.15, -0.1) is 10.2 Å². The summed E-state index contributed by atoms with van der Waals surface area (Å²) in [5.41, 5.74) is -0.626. The molecule has 2 aromatic rings. The Morgan fingerprint density at radius 1 is 1.28 bits per heavy atom. The van der Waals surface area contributed by atoms with Gasteiger partial charge < -0.3 is 9.47 Å². The lowest BCUT2D eigenvalue weighted by atomic mass is 10.1. The third-order valence-electron chi connectivity index (χ3n) is 3.27. The van der Waals surface area contributed by atoms with Crippen LogP contribution in [0.25, 0.3) is 17.6 Å². The van der Waals surface area contributed by atoms with Gasteiger partial charge >= 0.3 is 6.18 Å². The Bertz CT molecular complexity index is 829. The van der Waals surface area contributed by atoms with Gasteiger partial charge in [0.25, 0.3) is 0 Å². The molecule has 3 rings (SSSR count). The van der Waals surface area contributed by atoms with Crippen molar-refractivity contribution in [3.63, 3.8) is 0 Å². The molecule has 1 aliphatic heterocycles. The summed E-state index contributed by atoms with van der Waals surface area (Å²) in [6.45, 7) is 0.353. The molecule has 0 bridgehead atoms. The largest absolute Gasteiger partial charge is 0.497 e. The summed E-state index contributed by atoms with van der Waals surface area (Å²) in [4.78, 5) is 4.03. The molecule has 0 atom stereocenters. The second-order valence-corrected chi connectivity index (χ2v) is 5.18. The summed E-state index contributed by atoms with van der Waals surface area (Å²) in [6.07, 6.45) is 0.00154. The summed E-state index contributed by atoms with van der Waals surface area (Å²) in [5.74, 6) is 0.620. The quantitative estimate of drug-likeness (QED) is 0.846. The van der Waals surface area contributed by atoms with E-state index in [0.717, 1.165) is 12.1 Å². The highest BCUT2D eigenvalue weighted by Crippen LogP contribution is 2.34. The molecule has 0 unspecified atom stereocenters. The molecule has 7 nitrogen and oxygen atoms in total. The molecule has 0 aliphatic carbocycles. The van der Waals surface area contributed by atoms with Crippen molar-refractivity contribution >= 4 is 12.1 Å². The van der Waals surface area contributed by atoms with Crippen LogP contribution in [0, 0.1) is 0 Å². The van der Waals surface area contributed by atoms with Gasteiger partial charge in [0.15, 0.2) is 12.6 Å². The number of hydrazone groups is 1. The number of halogens is 3. The Kier molecular flexibility index (Phi) is 4.34. The molecule has 1 aliphatic rings. The van der Waals surface area contributed by atoms with Gasteiger partial charge in [0, 0.05) is 24.9 Å². The van der Waals surface area contributed by atoms with E-state index < -0.39 is 11.7 Å². The molecular formula is C15H14F3N5O2. The molecule has 0 saturated carbocycles. The predicted molar refractivity (Wildman–Crippen MR) is 83.5 cm³/mol. The standard InChI is InChI=1S/C15H14F3N5O2/c1-22-9-25-13(20-22)3-4-23-8-19-14(21-23)10-5-11(15(16,17)18)7-12(6-10)24-2/h3-8H,9H2,1-2H3. The first kappa shape index (κ1) is 16.8. The van der Waals surface area contributed by atoms with Crippen LogP contribution in [0.2, 0.25) is 0 Å². The van der Waals surface area contributed by atoms with Gasteiger partial charge in [0.1, 0.15) is 12.1 Å². The summed E-state index contributed by atoms with van der Waals surface area (Å²) in [5, 5.41) is 9.81. The topological polar surface area (TPSA) is 64.8 Å². The minimum atomic E-state index is -4.49. The normalized spacial score (nSPS) is 14.8. The van der Waals surface area contributed by atoms with Crippen LogP contribution in [0.1, 0.15) is 5.56 Å². The lowest BCUT2D eigenvalue weighted by molar-refractivity contribution is -0.137. The molecule has 0 amide bonds. The van der Waals surface area contributed by atoms with Gasteiger partial charge in [0.2, 0.25) is 5.90 Å². The fourth-order valence-electron chi connectivity index (χ4n) is 2.10. The number of hydrogen-bond donors (Lipinski definition) is 0. The van der Waals surface area contributed by atoms with Crippen LogP contribution >= 0.6 is 0 Å². The average Bonchev–Trinajstić information content (AvgIpc) is 3.20. The van der Waals surface area contributed by atoms with Gasteiger partial charge in [0.05, 0.1) is 12.7 Å². The van der Waals surface area contributed by atoms with Crippen LogP contribution in [-0.2, 0) is 10.9 Å². The van der Waals surface area contributed by atoms with Crippen molar-refractivity contribution in [3.05, 3.63) is 36.2 Å². The first-order chi connectivity index (χ1) is 11.8. The molecule has 0 radical (unpaired) electrons. The molecule has 0 spiro atoms. The third kappa shape index (κ3) is 3.90. The summed E-state index contributed by atoms with van der Waals surface area (Å²) in [6, 6.07) is 3.34. The van der Waals surface area contributed by atoms with Crippen molar-refractivity contribution in [3.8, 4) is 17.1 Å². The molecular weight excluding hydrogens is 339 g/mol. The molecule has 0 saturated heterocycles. The first-order valence-electron chi connectivity index (χ1n) is 7.14. The number of hydrogen-bond acceptors (Lipinski definition) is 6.